The van der Waals surface area contributed by atoms with Gasteiger partial charge in [0.2, 0.25) is 0 Å². The number of aromatic nitrogens is 2. The smallest absolute Gasteiger partial charge is 0.421 e. The molecule has 12 heteroatoms. The van der Waals surface area contributed by atoms with Gasteiger partial charge in [-0.2, -0.15) is 0 Å². The molecule has 0 amide bonds. The molecule has 0 radical (unpaired) electrons. The topological polar surface area (TPSA) is 76.9 Å². The number of rotatable bonds is 19. The number of carbonyl (C=O) groups is 2. The number of ether oxygens (including phenoxy) is 1. The summed E-state index contributed by atoms with van der Waals surface area (Å²) in [6, 6.07) is 7.38. The number of hydrogen-bond donors (Lipinski definition) is 0. The molecule has 2 rings (SSSR count). The molecule has 0 saturated carbocycles. The zero-order valence-corrected chi connectivity index (χ0v) is 29.6. The van der Waals surface area contributed by atoms with Crippen LogP contribution in [0.1, 0.15) is 51.4 Å². The highest BCUT2D eigenvalue weighted by Crippen LogP contribution is 2.20. The van der Waals surface area contributed by atoms with Crippen molar-refractivity contribution >= 4 is 23.2 Å². The van der Waals surface area contributed by atoms with Gasteiger partial charge in [-0.15, -0.1) is 0 Å². The first-order valence-electron chi connectivity index (χ1n) is 14.1. The molecule has 240 valence electrons. The molecule has 0 spiro atoms. The molecule has 0 aliphatic rings. The van der Waals surface area contributed by atoms with E-state index < -0.39 is 0 Å². The first-order chi connectivity index (χ1) is 18.4. The first-order valence-corrected chi connectivity index (χ1v) is 14.1. The number of hydrogen-bond acceptors (Lipinski definition) is 5. The Morgan fingerprint density at radius 2 is 1.31 bits per heavy atom. The zero-order valence-electron chi connectivity index (χ0n) is 26.5. The van der Waals surface area contributed by atoms with Crippen molar-refractivity contribution in [3.05, 3.63) is 36.7 Å². The zero-order chi connectivity index (χ0) is 28.9. The monoisotopic (exact) mass is 692 g/mol. The highest BCUT2D eigenvalue weighted by Gasteiger charge is 2.19. The molecule has 2 aromatic rings. The van der Waals surface area contributed by atoms with Crippen LogP contribution >= 0.6 is 0 Å². The summed E-state index contributed by atoms with van der Waals surface area (Å²) in [5, 5.41) is 8.96. The summed E-state index contributed by atoms with van der Waals surface area (Å²) < 4.78 is 11.0. The molecule has 1 aromatic heterocycles. The Hall–Kier alpha value is -1.85. The minimum atomic E-state index is 0. The number of ketones is 2. The van der Waals surface area contributed by atoms with Gasteiger partial charge in [-0.1, -0.05) is 5.11 Å². The summed E-state index contributed by atoms with van der Waals surface area (Å²) in [6.07, 6.45) is 9.90. The van der Waals surface area contributed by atoms with E-state index in [0.29, 0.717) is 50.4 Å². The number of imidazole rings is 1. The Balaban J connectivity index is 0. The normalized spacial score (nSPS) is 11.4. The second-order valence-corrected chi connectivity index (χ2v) is 12.4. The Kier molecular flexibility index (Phi) is 21.1. The molecule has 0 unspecified atom stereocenters. The Morgan fingerprint density at radius 1 is 0.786 bits per heavy atom. The second kappa shape index (κ2) is 21.0. The van der Waals surface area contributed by atoms with Crippen molar-refractivity contribution in [2.45, 2.75) is 64.5 Å². The lowest BCUT2D eigenvalue weighted by atomic mass is 10.1. The SMILES string of the molecule is COc1ccc(N=Nc2n(CCC(=O)CCCC[N+](C)(C)C)cc[n+]2CCC(=O)CCCC[N+](C)(C)C)cc1.[Br-].[Cl-].[Cl-]. The summed E-state index contributed by atoms with van der Waals surface area (Å²) in [5.41, 5.74) is 0.705. The van der Waals surface area contributed by atoms with E-state index in [1.165, 1.54) is 0 Å². The summed E-state index contributed by atoms with van der Waals surface area (Å²) in [4.78, 5) is 25.1. The molecule has 0 aliphatic carbocycles. The van der Waals surface area contributed by atoms with Gasteiger partial charge in [-0.05, 0) is 49.9 Å². The van der Waals surface area contributed by atoms with Crippen LogP contribution in [0.4, 0.5) is 11.6 Å². The van der Waals surface area contributed by atoms with E-state index in [0.717, 1.165) is 53.5 Å². The number of halogens is 3. The third kappa shape index (κ3) is 18.0. The molecule has 0 aliphatic heterocycles. The van der Waals surface area contributed by atoms with Gasteiger partial charge in [0.25, 0.3) is 0 Å². The van der Waals surface area contributed by atoms with Crippen molar-refractivity contribution in [1.82, 2.24) is 4.57 Å². The van der Waals surface area contributed by atoms with E-state index in [2.05, 4.69) is 52.5 Å². The third-order valence-corrected chi connectivity index (χ3v) is 6.60. The fourth-order valence-electron chi connectivity index (χ4n) is 4.23. The van der Waals surface area contributed by atoms with Gasteiger partial charge in [0.15, 0.2) is 0 Å². The number of carbonyl (C=O) groups excluding carboxylic acids is 2. The molecular weight excluding hydrogens is 643 g/mol. The predicted octanol–water partition coefficient (Wildman–Crippen LogP) is -4.12. The van der Waals surface area contributed by atoms with Crippen molar-refractivity contribution in [3.63, 3.8) is 0 Å². The quantitative estimate of drug-likeness (QED) is 0.0650. The number of quaternary nitrogens is 2. The number of aryl methyl sites for hydroxylation is 2. The summed E-state index contributed by atoms with van der Waals surface area (Å²) >= 11 is 0. The summed E-state index contributed by atoms with van der Waals surface area (Å²) in [6.45, 7) is 3.21. The minimum absolute atomic E-state index is 0. The Labute approximate surface area is 276 Å². The van der Waals surface area contributed by atoms with Gasteiger partial charge in [0.05, 0.1) is 88.0 Å². The highest BCUT2D eigenvalue weighted by atomic mass is 79.9. The summed E-state index contributed by atoms with van der Waals surface area (Å²) in [5.74, 6) is 1.92. The van der Waals surface area contributed by atoms with Gasteiger partial charge in [-0.3, -0.25) is 9.59 Å². The Morgan fingerprint density at radius 3 is 1.81 bits per heavy atom. The van der Waals surface area contributed by atoms with Crippen molar-refractivity contribution < 1.29 is 69.7 Å². The van der Waals surface area contributed by atoms with E-state index in [1.54, 1.807) is 7.11 Å². The lowest BCUT2D eigenvalue weighted by Crippen LogP contribution is -3.00. The molecule has 1 aromatic carbocycles. The lowest BCUT2D eigenvalue weighted by Gasteiger charge is -2.23. The van der Waals surface area contributed by atoms with E-state index in [4.69, 9.17) is 4.74 Å². The standard InChI is InChI=1S/C30H51N6O3.BrH.2ClH/c1-35(2,3)24-10-8-12-27(37)18-20-33-22-23-34(21-19-28(38)13-9-11-25-36(4,5)6)30(33)32-31-26-14-16-29(39-7)17-15-26;;;/h14-17,22-23H,8-13,18-21,24-25H2,1-7H3;3*1H/q+3;;;/p-3. The van der Waals surface area contributed by atoms with E-state index in [1.807, 2.05) is 45.8 Å². The van der Waals surface area contributed by atoms with Crippen LogP contribution in [0.25, 0.3) is 0 Å². The van der Waals surface area contributed by atoms with E-state index >= 15 is 0 Å². The van der Waals surface area contributed by atoms with Crippen molar-refractivity contribution in [3.8, 4) is 5.75 Å². The van der Waals surface area contributed by atoms with Crippen LogP contribution in [0.2, 0.25) is 0 Å². The third-order valence-electron chi connectivity index (χ3n) is 6.60. The van der Waals surface area contributed by atoms with E-state index in [-0.39, 0.29) is 53.4 Å². The van der Waals surface area contributed by atoms with Crippen LogP contribution in [0.3, 0.4) is 0 Å². The van der Waals surface area contributed by atoms with Gasteiger partial charge < -0.3 is 55.5 Å². The van der Waals surface area contributed by atoms with Gasteiger partial charge in [0, 0.05) is 30.8 Å². The molecule has 0 atom stereocenters. The number of unbranched alkanes of at least 4 members (excludes halogenated alkanes) is 2. The van der Waals surface area contributed by atoms with E-state index in [9.17, 15) is 9.59 Å². The van der Waals surface area contributed by atoms with Crippen molar-refractivity contribution in [2.24, 2.45) is 10.2 Å². The number of azo groups is 1. The van der Waals surface area contributed by atoms with Crippen LogP contribution in [-0.2, 0) is 22.7 Å². The fraction of sp³-hybridized carbons (Fsp3) is 0.633. The average molecular weight is 695 g/mol. The van der Waals surface area contributed by atoms with Crippen molar-refractivity contribution in [2.75, 3.05) is 62.5 Å². The molecule has 0 N–H and O–H groups in total. The number of benzene rings is 1. The van der Waals surface area contributed by atoms with Crippen LogP contribution in [-0.4, -0.2) is 87.6 Å². The maximum absolute atomic E-state index is 12.6. The molecule has 0 bridgehead atoms. The Bertz CT molecular complexity index is 1020. The van der Waals surface area contributed by atoms with Gasteiger partial charge >= 0.3 is 5.95 Å². The lowest BCUT2D eigenvalue weighted by molar-refractivity contribution is -0.870. The number of methoxy groups -OCH3 is 1. The second-order valence-electron chi connectivity index (χ2n) is 12.4. The van der Waals surface area contributed by atoms with Crippen LogP contribution < -0.4 is 51.1 Å². The maximum Gasteiger partial charge on any atom is 0.421 e. The largest absolute Gasteiger partial charge is 1.00 e. The molecule has 42 heavy (non-hydrogen) atoms. The van der Waals surface area contributed by atoms with Crippen LogP contribution in [0.5, 0.6) is 5.75 Å². The first kappa shape index (κ1) is 42.3. The molecule has 1 heterocycles. The van der Waals surface area contributed by atoms with Crippen molar-refractivity contribution in [1.29, 1.82) is 0 Å². The molecule has 0 fully saturated rings. The average Bonchev–Trinajstić information content (AvgIpc) is 3.26. The molecule has 0 saturated heterocycles. The van der Waals surface area contributed by atoms with Gasteiger partial charge in [0.1, 0.15) is 23.0 Å². The molecular formula is C30H51BrCl2N6O3. The molecule has 9 nitrogen and oxygen atoms in total. The predicted molar refractivity (Wildman–Crippen MR) is 155 cm³/mol. The number of Topliss-reactive ketones (excluding diaryl/α,β-unsaturated/α-hetero) is 2. The van der Waals surface area contributed by atoms with Crippen LogP contribution in [0, 0.1) is 0 Å². The van der Waals surface area contributed by atoms with Gasteiger partial charge in [-0.25, -0.2) is 9.13 Å². The highest BCUT2D eigenvalue weighted by molar-refractivity contribution is 5.78. The van der Waals surface area contributed by atoms with Crippen LogP contribution in [0.15, 0.2) is 46.9 Å². The fourth-order valence-corrected chi connectivity index (χ4v) is 4.23. The summed E-state index contributed by atoms with van der Waals surface area (Å²) in [7, 11) is 14.7. The number of nitrogens with zero attached hydrogens (tertiary/aromatic N) is 6. The minimum Gasteiger partial charge on any atom is -1.00 e. The maximum atomic E-state index is 12.6.